The zero-order valence-corrected chi connectivity index (χ0v) is 22.5. The lowest BCUT2D eigenvalue weighted by Crippen LogP contribution is -2.51. The number of carbonyl (C=O) groups is 1. The maximum atomic E-state index is 13.2. The quantitative estimate of drug-likeness (QED) is 0.408. The molecule has 2 atom stereocenters. The molecule has 0 saturated carbocycles. The van der Waals surface area contributed by atoms with E-state index in [9.17, 15) is 23.1 Å². The number of nitrogen functional groups attached to an aromatic ring is 1. The molecule has 10 nitrogen and oxygen atoms in total. The molecular weight excluding hydrogens is 539 g/mol. The summed E-state index contributed by atoms with van der Waals surface area (Å²) >= 11 is 0. The predicted octanol–water partition coefficient (Wildman–Crippen LogP) is 3.97. The van der Waals surface area contributed by atoms with Crippen molar-refractivity contribution in [1.29, 1.82) is 0 Å². The average molecular weight is 570 g/mol. The number of halogens is 3. The lowest BCUT2D eigenvalue weighted by molar-refractivity contribution is -0.274. The van der Waals surface area contributed by atoms with Crippen molar-refractivity contribution in [3.8, 4) is 16.9 Å². The number of nitrogens with two attached hydrogens (primary N) is 1. The van der Waals surface area contributed by atoms with Gasteiger partial charge in [-0.1, -0.05) is 12.1 Å². The maximum absolute atomic E-state index is 13.2. The molecule has 41 heavy (non-hydrogen) atoms. The van der Waals surface area contributed by atoms with Crippen LogP contribution in [0.25, 0.3) is 11.1 Å². The maximum Gasteiger partial charge on any atom is 0.573 e. The van der Waals surface area contributed by atoms with Crippen molar-refractivity contribution in [2.75, 3.05) is 49.2 Å². The van der Waals surface area contributed by atoms with Gasteiger partial charge in [0, 0.05) is 49.2 Å². The van der Waals surface area contributed by atoms with Gasteiger partial charge in [-0.05, 0) is 55.9 Å². The van der Waals surface area contributed by atoms with Crippen molar-refractivity contribution in [1.82, 2.24) is 14.8 Å². The molecule has 1 saturated heterocycles. The number of aliphatic hydroxyl groups is 1. The van der Waals surface area contributed by atoms with Gasteiger partial charge < -0.3 is 30.7 Å². The third kappa shape index (κ3) is 6.42. The van der Waals surface area contributed by atoms with Crippen molar-refractivity contribution in [3.05, 3.63) is 60.3 Å². The van der Waals surface area contributed by atoms with Crippen molar-refractivity contribution in [3.63, 3.8) is 0 Å². The number of hydrogen-bond donors (Lipinski definition) is 3. The first-order chi connectivity index (χ1) is 19.5. The fraction of sp³-hybridized carbons (Fsp3) is 0.321. The van der Waals surface area contributed by atoms with Gasteiger partial charge in [-0.25, -0.2) is 9.98 Å². The molecule has 5 rings (SSSR count). The highest BCUT2D eigenvalue weighted by Gasteiger charge is 2.34. The van der Waals surface area contributed by atoms with Gasteiger partial charge in [0.05, 0.1) is 23.8 Å². The van der Waals surface area contributed by atoms with E-state index in [1.165, 1.54) is 23.4 Å². The van der Waals surface area contributed by atoms with E-state index in [2.05, 4.69) is 24.9 Å². The predicted molar refractivity (Wildman–Crippen MR) is 150 cm³/mol. The molecule has 13 heteroatoms. The second-order valence-corrected chi connectivity index (χ2v) is 10.0. The Morgan fingerprint density at radius 3 is 2.51 bits per heavy atom. The van der Waals surface area contributed by atoms with Crippen LogP contribution in [0.15, 0.2) is 59.7 Å². The SMILES string of the molecule is CC(C(=O)Nc1cc(N2C=Nc3cc(-c4ccc(N)nc4)ccc3C2O)ccc1OC(F)(F)F)N1CCN(C)CC1. The molecule has 2 unspecified atom stereocenters. The van der Waals surface area contributed by atoms with E-state index in [0.717, 1.165) is 30.3 Å². The summed E-state index contributed by atoms with van der Waals surface area (Å²) in [6.45, 7) is 4.58. The number of aromatic nitrogens is 1. The van der Waals surface area contributed by atoms with Gasteiger partial charge in [0.2, 0.25) is 5.91 Å². The third-order valence-corrected chi connectivity index (χ3v) is 7.22. The summed E-state index contributed by atoms with van der Waals surface area (Å²) < 4.78 is 43.7. The number of amides is 1. The van der Waals surface area contributed by atoms with Crippen LogP contribution in [0.5, 0.6) is 5.75 Å². The summed E-state index contributed by atoms with van der Waals surface area (Å²) in [7, 11) is 1.99. The molecule has 0 aliphatic carbocycles. The fourth-order valence-electron chi connectivity index (χ4n) is 4.78. The molecule has 0 radical (unpaired) electrons. The van der Waals surface area contributed by atoms with Gasteiger partial charge in [-0.2, -0.15) is 0 Å². The van der Waals surface area contributed by atoms with Gasteiger partial charge in [-0.3, -0.25) is 9.69 Å². The van der Waals surface area contributed by atoms with Crippen molar-refractivity contribution in [2.45, 2.75) is 25.6 Å². The summed E-state index contributed by atoms with van der Waals surface area (Å²) in [6.07, 6.45) is -3.14. The number of nitrogens with one attached hydrogen (secondary N) is 1. The molecule has 0 spiro atoms. The Morgan fingerprint density at radius 1 is 1.10 bits per heavy atom. The smallest absolute Gasteiger partial charge is 0.404 e. The van der Waals surface area contributed by atoms with Gasteiger partial charge >= 0.3 is 6.36 Å². The second kappa shape index (κ2) is 11.4. The number of aliphatic hydroxyl groups excluding tert-OH is 1. The summed E-state index contributed by atoms with van der Waals surface area (Å²) in [5, 5.41) is 13.8. The van der Waals surface area contributed by atoms with Crippen LogP contribution in [-0.2, 0) is 4.79 Å². The number of pyridine rings is 1. The lowest BCUT2D eigenvalue weighted by atomic mass is 10.0. The van der Waals surface area contributed by atoms with E-state index in [-0.39, 0.29) is 5.69 Å². The van der Waals surface area contributed by atoms with Gasteiger partial charge in [0.15, 0.2) is 12.0 Å². The minimum absolute atomic E-state index is 0.177. The zero-order chi connectivity index (χ0) is 29.3. The molecule has 4 N–H and O–H groups in total. The van der Waals surface area contributed by atoms with Crippen molar-refractivity contribution in [2.24, 2.45) is 4.99 Å². The van der Waals surface area contributed by atoms with Crippen LogP contribution in [0.2, 0.25) is 0 Å². The number of nitrogens with zero attached hydrogens (tertiary/aromatic N) is 5. The van der Waals surface area contributed by atoms with Crippen LogP contribution >= 0.6 is 0 Å². The van der Waals surface area contributed by atoms with Crippen LogP contribution in [0.3, 0.4) is 0 Å². The van der Waals surface area contributed by atoms with Gasteiger partial charge in [-0.15, -0.1) is 13.2 Å². The Labute approximate surface area is 234 Å². The Balaban J connectivity index is 1.40. The fourth-order valence-corrected chi connectivity index (χ4v) is 4.78. The van der Waals surface area contributed by atoms with Crippen LogP contribution in [0, 0.1) is 0 Å². The number of fused-ring (bicyclic) bond motifs is 1. The molecule has 1 amide bonds. The number of alkyl halides is 3. The molecule has 1 fully saturated rings. The Hall–Kier alpha value is -4.20. The molecule has 1 aromatic heterocycles. The van der Waals surface area contributed by atoms with E-state index in [1.807, 2.05) is 18.0 Å². The highest BCUT2D eigenvalue weighted by Crippen LogP contribution is 2.40. The average Bonchev–Trinajstić information content (AvgIpc) is 2.94. The lowest BCUT2D eigenvalue weighted by Gasteiger charge is -2.35. The monoisotopic (exact) mass is 569 g/mol. The molecule has 2 aliphatic heterocycles. The van der Waals surface area contributed by atoms with Crippen LogP contribution < -0.4 is 20.7 Å². The number of rotatable bonds is 6. The molecule has 3 aromatic rings. The van der Waals surface area contributed by atoms with Crippen LogP contribution in [0.1, 0.15) is 18.7 Å². The first-order valence-corrected chi connectivity index (χ1v) is 13.0. The first kappa shape index (κ1) is 28.3. The molecule has 2 aromatic carbocycles. The van der Waals surface area contributed by atoms with Crippen LogP contribution in [0.4, 0.5) is 36.1 Å². The molecule has 0 bridgehead atoms. The number of likely N-dealkylation sites (N-methyl/N-ethyl adjacent to an activating group) is 1. The van der Waals surface area contributed by atoms with E-state index < -0.39 is 30.3 Å². The van der Waals surface area contributed by atoms with E-state index in [0.29, 0.717) is 35.8 Å². The third-order valence-electron chi connectivity index (χ3n) is 7.22. The topological polar surface area (TPSA) is 120 Å². The van der Waals surface area contributed by atoms with Crippen molar-refractivity contribution >= 4 is 35.1 Å². The second-order valence-electron chi connectivity index (χ2n) is 10.0. The summed E-state index contributed by atoms with van der Waals surface area (Å²) in [6, 6.07) is 12.0. The molecule has 216 valence electrons. The summed E-state index contributed by atoms with van der Waals surface area (Å²) in [4.78, 5) is 27.1. The van der Waals surface area contributed by atoms with Crippen molar-refractivity contribution < 1.29 is 27.8 Å². The Bertz CT molecular complexity index is 1440. The van der Waals surface area contributed by atoms with E-state index in [1.54, 1.807) is 37.4 Å². The van der Waals surface area contributed by atoms with Gasteiger partial charge in [0.1, 0.15) is 5.82 Å². The minimum Gasteiger partial charge on any atom is -0.404 e. The number of hydrogen-bond acceptors (Lipinski definition) is 9. The molecular formula is C28H30F3N7O3. The summed E-state index contributed by atoms with van der Waals surface area (Å²) in [5.41, 5.74) is 8.45. The van der Waals surface area contributed by atoms with E-state index in [4.69, 9.17) is 5.73 Å². The first-order valence-electron chi connectivity index (χ1n) is 13.0. The van der Waals surface area contributed by atoms with Crippen LogP contribution in [-0.4, -0.2) is 77.8 Å². The number of piperazine rings is 1. The number of aliphatic imine (C=N–C) groups is 1. The molecule has 3 heterocycles. The largest absolute Gasteiger partial charge is 0.573 e. The number of carbonyl (C=O) groups excluding carboxylic acids is 1. The van der Waals surface area contributed by atoms with E-state index >= 15 is 0 Å². The Kier molecular flexibility index (Phi) is 7.84. The summed E-state index contributed by atoms with van der Waals surface area (Å²) in [5.74, 6) is -0.640. The van der Waals surface area contributed by atoms with Gasteiger partial charge in [0.25, 0.3) is 0 Å². The highest BCUT2D eigenvalue weighted by atomic mass is 19.4. The highest BCUT2D eigenvalue weighted by molar-refractivity contribution is 5.97. The molecule has 2 aliphatic rings. The number of anilines is 3. The number of benzene rings is 2. The standard InChI is InChI=1S/C28H30F3N7O3/c1-17(37-11-9-36(2)10-12-37)26(39)35-23-14-20(5-7-24(23)41-28(29,30)31)38-16-34-22-13-18(3-6-21(22)27(38)40)19-4-8-25(32)33-15-19/h3-8,13-17,27,40H,9-12H2,1-2H3,(H2,32,33)(H,35,39). The Morgan fingerprint density at radius 2 is 1.83 bits per heavy atom. The minimum atomic E-state index is -4.97. The number of ether oxygens (including phenoxy) is 1. The normalized spacial score (nSPS) is 18.6. The zero-order valence-electron chi connectivity index (χ0n) is 22.5.